The Kier molecular flexibility index (Phi) is 2.65. The maximum Gasteiger partial charge on any atom is 0.185 e. The summed E-state index contributed by atoms with van der Waals surface area (Å²) in [6.45, 7) is 0. The molecule has 0 bridgehead atoms. The number of hydrogen-bond donors (Lipinski definition) is 0. The van der Waals surface area contributed by atoms with Gasteiger partial charge in [0, 0.05) is 18.1 Å². The van der Waals surface area contributed by atoms with Crippen molar-refractivity contribution in [3.05, 3.63) is 6.33 Å². The fourth-order valence-electron chi connectivity index (χ4n) is 1.13. The van der Waals surface area contributed by atoms with Crippen LogP contribution in [0.4, 0.5) is 0 Å². The maximum atomic E-state index is 4.18. The van der Waals surface area contributed by atoms with E-state index in [1.165, 1.54) is 12.8 Å². The fourth-order valence-corrected chi connectivity index (χ4v) is 3.33. The summed E-state index contributed by atoms with van der Waals surface area (Å²) in [6.07, 6.45) is 4.31. The quantitative estimate of drug-likeness (QED) is 0.615. The van der Waals surface area contributed by atoms with Crippen molar-refractivity contribution in [1.29, 1.82) is 0 Å². The minimum atomic E-state index is 0.552. The van der Waals surface area contributed by atoms with E-state index in [-0.39, 0.29) is 0 Å². The summed E-state index contributed by atoms with van der Waals surface area (Å²) < 4.78 is 1.83. The Balaban J connectivity index is 1.90. The number of alkyl halides is 1. The van der Waals surface area contributed by atoms with Gasteiger partial charge in [0.1, 0.15) is 6.33 Å². The lowest BCUT2D eigenvalue weighted by molar-refractivity contribution is 0.665. The molecule has 13 heavy (non-hydrogen) atoms. The van der Waals surface area contributed by atoms with E-state index in [0.29, 0.717) is 5.41 Å². The van der Waals surface area contributed by atoms with E-state index in [1.54, 1.807) is 6.33 Å². The molecule has 0 saturated heterocycles. The number of nitrogens with zero attached hydrogens (tertiary/aromatic N) is 3. The monoisotopic (exact) mass is 261 g/mol. The highest BCUT2D eigenvalue weighted by Crippen LogP contribution is 2.50. The van der Waals surface area contributed by atoms with Gasteiger partial charge in [-0.3, -0.25) is 0 Å². The molecular formula is C8H12BrN3S. The Morgan fingerprint density at radius 1 is 1.69 bits per heavy atom. The Morgan fingerprint density at radius 2 is 2.46 bits per heavy atom. The molecule has 2 rings (SSSR count). The molecule has 1 aromatic heterocycles. The third-order valence-corrected chi connectivity index (χ3v) is 4.99. The van der Waals surface area contributed by atoms with Crippen LogP contribution in [-0.4, -0.2) is 25.8 Å². The van der Waals surface area contributed by atoms with Gasteiger partial charge in [-0.25, -0.2) is 9.67 Å². The number of halogens is 1. The second-order valence-corrected chi connectivity index (χ2v) is 5.09. The lowest BCUT2D eigenvalue weighted by atomic mass is 10.2. The molecule has 5 heteroatoms. The SMILES string of the molecule is Cn1ncnc1SCC1(CBr)CC1. The van der Waals surface area contributed by atoms with Crippen molar-refractivity contribution in [2.45, 2.75) is 18.0 Å². The first-order valence-electron chi connectivity index (χ1n) is 4.29. The molecule has 1 saturated carbocycles. The molecule has 0 unspecified atom stereocenters. The summed E-state index contributed by atoms with van der Waals surface area (Å²) >= 11 is 5.37. The first-order chi connectivity index (χ1) is 6.26. The summed E-state index contributed by atoms with van der Waals surface area (Å²) in [5, 5.41) is 6.17. The number of aromatic nitrogens is 3. The van der Waals surface area contributed by atoms with Gasteiger partial charge >= 0.3 is 0 Å². The van der Waals surface area contributed by atoms with Crippen molar-refractivity contribution in [2.24, 2.45) is 12.5 Å². The van der Waals surface area contributed by atoms with Gasteiger partial charge in [-0.15, -0.1) is 0 Å². The first-order valence-corrected chi connectivity index (χ1v) is 6.39. The second-order valence-electron chi connectivity index (χ2n) is 3.59. The van der Waals surface area contributed by atoms with Crippen molar-refractivity contribution >= 4 is 27.7 Å². The van der Waals surface area contributed by atoms with E-state index < -0.39 is 0 Å². The predicted molar refractivity (Wildman–Crippen MR) is 57.2 cm³/mol. The van der Waals surface area contributed by atoms with Crippen LogP contribution in [0.3, 0.4) is 0 Å². The molecule has 0 spiro atoms. The maximum absolute atomic E-state index is 4.18. The van der Waals surface area contributed by atoms with Crippen LogP contribution in [0, 0.1) is 5.41 Å². The molecule has 0 aliphatic heterocycles. The molecule has 0 amide bonds. The smallest absolute Gasteiger partial charge is 0.185 e. The van der Waals surface area contributed by atoms with Crippen LogP contribution in [0.2, 0.25) is 0 Å². The average Bonchev–Trinajstić information content (AvgIpc) is 2.82. The zero-order chi connectivity index (χ0) is 9.31. The van der Waals surface area contributed by atoms with E-state index in [9.17, 15) is 0 Å². The van der Waals surface area contributed by atoms with Gasteiger partial charge in [-0.2, -0.15) is 5.10 Å². The Bertz CT molecular complexity index is 295. The van der Waals surface area contributed by atoms with Crippen LogP contribution in [0.1, 0.15) is 12.8 Å². The van der Waals surface area contributed by atoms with Crippen LogP contribution in [0.15, 0.2) is 11.5 Å². The minimum absolute atomic E-state index is 0.552. The summed E-state index contributed by atoms with van der Waals surface area (Å²) in [5.74, 6) is 1.16. The van der Waals surface area contributed by atoms with Gasteiger partial charge in [-0.1, -0.05) is 27.7 Å². The first kappa shape index (κ1) is 9.52. The molecule has 1 heterocycles. The molecule has 0 radical (unpaired) electrons. The van der Waals surface area contributed by atoms with E-state index in [1.807, 2.05) is 23.5 Å². The standard InChI is InChI=1S/C8H12BrN3S/c1-12-7(10-6-11-12)13-5-8(4-9)2-3-8/h6H,2-5H2,1H3. The molecule has 1 aliphatic carbocycles. The molecule has 0 aromatic carbocycles. The highest BCUT2D eigenvalue weighted by atomic mass is 79.9. The van der Waals surface area contributed by atoms with Crippen molar-refractivity contribution in [2.75, 3.05) is 11.1 Å². The van der Waals surface area contributed by atoms with E-state index in [2.05, 4.69) is 26.0 Å². The normalized spacial score (nSPS) is 18.9. The fraction of sp³-hybridized carbons (Fsp3) is 0.750. The zero-order valence-corrected chi connectivity index (χ0v) is 9.94. The molecule has 1 aromatic rings. The van der Waals surface area contributed by atoms with Crippen LogP contribution in [0.5, 0.6) is 0 Å². The third kappa shape index (κ3) is 2.07. The summed E-state index contributed by atoms with van der Waals surface area (Å²) in [6, 6.07) is 0. The molecule has 1 aliphatic rings. The van der Waals surface area contributed by atoms with Crippen molar-refractivity contribution in [1.82, 2.24) is 14.8 Å². The van der Waals surface area contributed by atoms with Gasteiger partial charge in [0.25, 0.3) is 0 Å². The number of hydrogen-bond acceptors (Lipinski definition) is 3. The minimum Gasteiger partial charge on any atom is -0.244 e. The molecule has 72 valence electrons. The van der Waals surface area contributed by atoms with Crippen LogP contribution in [0.25, 0.3) is 0 Å². The lowest BCUT2D eigenvalue weighted by Gasteiger charge is -2.08. The highest BCUT2D eigenvalue weighted by molar-refractivity contribution is 9.09. The van der Waals surface area contributed by atoms with Gasteiger partial charge < -0.3 is 0 Å². The van der Waals surface area contributed by atoms with Crippen LogP contribution in [-0.2, 0) is 7.05 Å². The van der Waals surface area contributed by atoms with Crippen molar-refractivity contribution in [3.8, 4) is 0 Å². The average molecular weight is 262 g/mol. The molecule has 1 fully saturated rings. The zero-order valence-electron chi connectivity index (χ0n) is 7.53. The van der Waals surface area contributed by atoms with Gasteiger partial charge in [0.2, 0.25) is 0 Å². The number of aryl methyl sites for hydroxylation is 1. The molecular weight excluding hydrogens is 250 g/mol. The van der Waals surface area contributed by atoms with E-state index in [0.717, 1.165) is 16.2 Å². The number of thioether (sulfide) groups is 1. The van der Waals surface area contributed by atoms with E-state index in [4.69, 9.17) is 0 Å². The second kappa shape index (κ2) is 3.61. The summed E-state index contributed by atoms with van der Waals surface area (Å²) in [5.41, 5.74) is 0.552. The largest absolute Gasteiger partial charge is 0.244 e. The van der Waals surface area contributed by atoms with Crippen molar-refractivity contribution in [3.63, 3.8) is 0 Å². The Labute approximate surface area is 90.4 Å². The molecule has 3 nitrogen and oxygen atoms in total. The Hall–Kier alpha value is -0.0300. The Morgan fingerprint density at radius 3 is 2.92 bits per heavy atom. The summed E-state index contributed by atoms with van der Waals surface area (Å²) in [4.78, 5) is 4.18. The highest BCUT2D eigenvalue weighted by Gasteiger charge is 2.41. The predicted octanol–water partition coefficient (Wildman–Crippen LogP) is 2.08. The molecule has 0 atom stereocenters. The van der Waals surface area contributed by atoms with Gasteiger partial charge in [0.05, 0.1) is 0 Å². The van der Waals surface area contributed by atoms with Gasteiger partial charge in [0.15, 0.2) is 5.16 Å². The topological polar surface area (TPSA) is 30.7 Å². The number of rotatable bonds is 4. The van der Waals surface area contributed by atoms with Gasteiger partial charge in [-0.05, 0) is 18.3 Å². The van der Waals surface area contributed by atoms with Crippen molar-refractivity contribution < 1.29 is 0 Å². The summed E-state index contributed by atoms with van der Waals surface area (Å²) in [7, 11) is 1.93. The van der Waals surface area contributed by atoms with E-state index >= 15 is 0 Å². The van der Waals surface area contributed by atoms with Crippen LogP contribution < -0.4 is 0 Å². The van der Waals surface area contributed by atoms with Crippen LogP contribution >= 0.6 is 27.7 Å². The lowest BCUT2D eigenvalue weighted by Crippen LogP contribution is -2.06. The third-order valence-electron chi connectivity index (χ3n) is 2.42. The molecule has 0 N–H and O–H groups in total.